The Balaban J connectivity index is 1.99. The molecular formula is C10H19F3N2O3S. The maximum absolute atomic E-state index is 11.7. The molecule has 0 aliphatic heterocycles. The molecule has 0 saturated heterocycles. The first-order valence-corrected chi connectivity index (χ1v) is 7.79. The van der Waals surface area contributed by atoms with E-state index in [9.17, 15) is 21.6 Å². The summed E-state index contributed by atoms with van der Waals surface area (Å²) in [6, 6.07) is 0.534. The summed E-state index contributed by atoms with van der Waals surface area (Å²) in [6.07, 6.45) is -1.62. The van der Waals surface area contributed by atoms with Gasteiger partial charge in [-0.25, -0.2) is 13.1 Å². The second kappa shape index (κ2) is 7.41. The lowest BCUT2D eigenvalue weighted by molar-refractivity contribution is -0.173. The molecule has 0 spiro atoms. The summed E-state index contributed by atoms with van der Waals surface area (Å²) in [5.41, 5.74) is 0. The van der Waals surface area contributed by atoms with E-state index in [4.69, 9.17) is 0 Å². The summed E-state index contributed by atoms with van der Waals surface area (Å²) in [6.45, 7) is -1.16. The van der Waals surface area contributed by atoms with Crippen molar-refractivity contribution < 1.29 is 26.3 Å². The number of alkyl halides is 3. The van der Waals surface area contributed by atoms with Crippen LogP contribution in [-0.2, 0) is 14.8 Å². The Morgan fingerprint density at radius 1 is 1.21 bits per heavy atom. The Morgan fingerprint density at radius 2 is 1.89 bits per heavy atom. The lowest BCUT2D eigenvalue weighted by atomic mass is 10.5. The molecule has 0 heterocycles. The van der Waals surface area contributed by atoms with Crippen LogP contribution >= 0.6 is 0 Å². The molecule has 0 unspecified atom stereocenters. The molecule has 0 atom stereocenters. The molecule has 114 valence electrons. The average Bonchev–Trinajstić information content (AvgIpc) is 3.06. The molecular weight excluding hydrogens is 285 g/mol. The van der Waals surface area contributed by atoms with Crippen LogP contribution in [0.15, 0.2) is 0 Å². The normalized spacial score (nSPS) is 16.8. The zero-order valence-corrected chi connectivity index (χ0v) is 11.3. The SMILES string of the molecule is O=S(=O)(CCCNC1CC1)NCCOCC(F)(F)F. The van der Waals surface area contributed by atoms with Gasteiger partial charge in [0.25, 0.3) is 0 Å². The monoisotopic (exact) mass is 304 g/mol. The predicted molar refractivity (Wildman–Crippen MR) is 64.3 cm³/mol. The average molecular weight is 304 g/mol. The number of hydrogen-bond donors (Lipinski definition) is 2. The van der Waals surface area contributed by atoms with Gasteiger partial charge in [-0.15, -0.1) is 0 Å². The largest absolute Gasteiger partial charge is 0.411 e. The van der Waals surface area contributed by atoms with Gasteiger partial charge in [0, 0.05) is 12.6 Å². The van der Waals surface area contributed by atoms with Crippen molar-refractivity contribution >= 4 is 10.0 Å². The molecule has 0 aromatic carbocycles. The van der Waals surface area contributed by atoms with E-state index < -0.39 is 22.8 Å². The van der Waals surface area contributed by atoms with Crippen molar-refractivity contribution in [2.45, 2.75) is 31.5 Å². The van der Waals surface area contributed by atoms with Crippen LogP contribution in [0.3, 0.4) is 0 Å². The molecule has 0 aromatic rings. The third-order valence-electron chi connectivity index (χ3n) is 2.43. The van der Waals surface area contributed by atoms with E-state index in [-0.39, 0.29) is 18.9 Å². The maximum atomic E-state index is 11.7. The van der Waals surface area contributed by atoms with Gasteiger partial charge in [-0.1, -0.05) is 0 Å². The fraction of sp³-hybridized carbons (Fsp3) is 1.00. The molecule has 0 bridgehead atoms. The summed E-state index contributed by atoms with van der Waals surface area (Å²) < 4.78 is 64.5. The molecule has 0 radical (unpaired) electrons. The van der Waals surface area contributed by atoms with Crippen molar-refractivity contribution in [3.05, 3.63) is 0 Å². The van der Waals surface area contributed by atoms with E-state index in [1.165, 1.54) is 0 Å². The Hall–Kier alpha value is -0.380. The maximum Gasteiger partial charge on any atom is 0.411 e. The molecule has 19 heavy (non-hydrogen) atoms. The second-order valence-corrected chi connectivity index (χ2v) is 6.39. The van der Waals surface area contributed by atoms with Crippen molar-refractivity contribution in [2.75, 3.05) is 32.1 Å². The van der Waals surface area contributed by atoms with Gasteiger partial charge >= 0.3 is 6.18 Å². The Bertz CT molecular complexity index is 356. The Labute approximate surface area is 110 Å². The highest BCUT2D eigenvalue weighted by Crippen LogP contribution is 2.18. The molecule has 9 heteroatoms. The minimum atomic E-state index is -4.38. The lowest BCUT2D eigenvalue weighted by Gasteiger charge is -2.09. The highest BCUT2D eigenvalue weighted by atomic mass is 32.2. The van der Waals surface area contributed by atoms with Crippen LogP contribution in [0, 0.1) is 0 Å². The molecule has 2 N–H and O–H groups in total. The van der Waals surface area contributed by atoms with Gasteiger partial charge in [0.15, 0.2) is 0 Å². The van der Waals surface area contributed by atoms with Gasteiger partial charge in [0.05, 0.1) is 12.4 Å². The van der Waals surface area contributed by atoms with Gasteiger partial charge in [-0.3, -0.25) is 0 Å². The number of hydrogen-bond acceptors (Lipinski definition) is 4. The summed E-state index contributed by atoms with van der Waals surface area (Å²) in [5, 5.41) is 3.18. The van der Waals surface area contributed by atoms with Crippen LogP contribution in [0.2, 0.25) is 0 Å². The van der Waals surface area contributed by atoms with Crippen molar-refractivity contribution in [1.29, 1.82) is 0 Å². The van der Waals surface area contributed by atoms with Crippen LogP contribution < -0.4 is 10.0 Å². The number of sulfonamides is 1. The van der Waals surface area contributed by atoms with Crippen molar-refractivity contribution in [1.82, 2.24) is 10.0 Å². The van der Waals surface area contributed by atoms with E-state index in [1.807, 2.05) is 0 Å². The first-order chi connectivity index (χ1) is 8.79. The third-order valence-corrected chi connectivity index (χ3v) is 3.90. The minimum Gasteiger partial charge on any atom is -0.371 e. The molecule has 1 rings (SSSR count). The van der Waals surface area contributed by atoms with Crippen molar-refractivity contribution in [3.8, 4) is 0 Å². The quantitative estimate of drug-likeness (QED) is 0.581. The van der Waals surface area contributed by atoms with Gasteiger partial charge in [0.2, 0.25) is 10.0 Å². The Morgan fingerprint density at radius 3 is 2.47 bits per heavy atom. The standard InChI is InChI=1S/C10H19F3N2O3S/c11-10(12,13)8-18-6-5-15-19(16,17)7-1-4-14-9-2-3-9/h9,14-15H,1-8H2. The topological polar surface area (TPSA) is 67.4 Å². The van der Waals surface area contributed by atoms with Gasteiger partial charge in [-0.05, 0) is 25.8 Å². The van der Waals surface area contributed by atoms with Crippen LogP contribution in [0.5, 0.6) is 0 Å². The van der Waals surface area contributed by atoms with Crippen molar-refractivity contribution in [2.24, 2.45) is 0 Å². The molecule has 0 aromatic heterocycles. The summed E-state index contributed by atoms with van der Waals surface area (Å²) in [4.78, 5) is 0. The summed E-state index contributed by atoms with van der Waals surface area (Å²) in [7, 11) is -3.43. The molecule has 1 fully saturated rings. The van der Waals surface area contributed by atoms with Gasteiger partial charge < -0.3 is 10.1 Å². The first kappa shape index (κ1) is 16.7. The predicted octanol–water partition coefficient (Wildman–Crippen LogP) is 0.627. The van der Waals surface area contributed by atoms with E-state index in [0.717, 1.165) is 12.8 Å². The van der Waals surface area contributed by atoms with E-state index in [0.29, 0.717) is 19.0 Å². The van der Waals surface area contributed by atoms with Gasteiger partial charge in [0.1, 0.15) is 6.61 Å². The fourth-order valence-corrected chi connectivity index (χ4v) is 2.45. The lowest BCUT2D eigenvalue weighted by Crippen LogP contribution is -2.32. The second-order valence-electron chi connectivity index (χ2n) is 4.46. The van der Waals surface area contributed by atoms with Crippen LogP contribution in [0.4, 0.5) is 13.2 Å². The van der Waals surface area contributed by atoms with Crippen molar-refractivity contribution in [3.63, 3.8) is 0 Å². The highest BCUT2D eigenvalue weighted by molar-refractivity contribution is 7.89. The molecule has 0 amide bonds. The summed E-state index contributed by atoms with van der Waals surface area (Å²) >= 11 is 0. The number of rotatable bonds is 10. The van der Waals surface area contributed by atoms with Gasteiger partial charge in [-0.2, -0.15) is 13.2 Å². The zero-order valence-electron chi connectivity index (χ0n) is 10.5. The van der Waals surface area contributed by atoms with Crippen LogP contribution in [0.25, 0.3) is 0 Å². The molecule has 1 aliphatic carbocycles. The number of halogens is 3. The van der Waals surface area contributed by atoms with E-state index in [2.05, 4.69) is 14.8 Å². The zero-order chi connectivity index (χ0) is 14.4. The molecule has 1 aliphatic rings. The van der Waals surface area contributed by atoms with E-state index >= 15 is 0 Å². The molecule has 5 nitrogen and oxygen atoms in total. The summed E-state index contributed by atoms with van der Waals surface area (Å²) in [5.74, 6) is -0.0357. The van der Waals surface area contributed by atoms with Crippen LogP contribution in [-0.4, -0.2) is 52.7 Å². The van der Waals surface area contributed by atoms with E-state index in [1.54, 1.807) is 0 Å². The Kier molecular flexibility index (Phi) is 6.51. The first-order valence-electron chi connectivity index (χ1n) is 6.14. The highest BCUT2D eigenvalue weighted by Gasteiger charge is 2.27. The number of ether oxygens (including phenoxy) is 1. The number of nitrogens with one attached hydrogen (secondary N) is 2. The minimum absolute atomic E-state index is 0.0357. The van der Waals surface area contributed by atoms with Crippen LogP contribution in [0.1, 0.15) is 19.3 Å². The third kappa shape index (κ3) is 10.1. The molecule has 1 saturated carbocycles. The fourth-order valence-electron chi connectivity index (χ4n) is 1.39. The smallest absolute Gasteiger partial charge is 0.371 e.